The standard InChI is InChI=1S/C15H17N5O/c1-12-11-16-6-3-13(12)14(21)19-7-9-20(10-8-19)15-17-4-2-5-18-15/h2-6,11H,7-10H2,1H3. The van der Waals surface area contributed by atoms with E-state index in [2.05, 4.69) is 19.9 Å². The van der Waals surface area contributed by atoms with Crippen LogP contribution in [0.1, 0.15) is 15.9 Å². The van der Waals surface area contributed by atoms with Gasteiger partial charge in [0, 0.05) is 56.5 Å². The normalized spacial score (nSPS) is 15.1. The van der Waals surface area contributed by atoms with Gasteiger partial charge in [0.25, 0.3) is 5.91 Å². The van der Waals surface area contributed by atoms with E-state index >= 15 is 0 Å². The summed E-state index contributed by atoms with van der Waals surface area (Å²) >= 11 is 0. The maximum absolute atomic E-state index is 12.5. The summed E-state index contributed by atoms with van der Waals surface area (Å²) in [6, 6.07) is 3.58. The lowest BCUT2D eigenvalue weighted by atomic mass is 10.1. The van der Waals surface area contributed by atoms with E-state index in [0.717, 1.165) is 30.2 Å². The van der Waals surface area contributed by atoms with Gasteiger partial charge in [-0.3, -0.25) is 9.78 Å². The Balaban J connectivity index is 1.66. The second-order valence-electron chi connectivity index (χ2n) is 5.02. The van der Waals surface area contributed by atoms with Crippen LogP contribution in [0.3, 0.4) is 0 Å². The van der Waals surface area contributed by atoms with Gasteiger partial charge in [-0.1, -0.05) is 0 Å². The number of rotatable bonds is 2. The molecule has 0 spiro atoms. The molecule has 1 aliphatic rings. The van der Waals surface area contributed by atoms with Crippen molar-refractivity contribution in [2.24, 2.45) is 0 Å². The van der Waals surface area contributed by atoms with E-state index in [1.54, 1.807) is 36.9 Å². The van der Waals surface area contributed by atoms with E-state index in [9.17, 15) is 4.79 Å². The highest BCUT2D eigenvalue weighted by atomic mass is 16.2. The molecule has 0 saturated carbocycles. The van der Waals surface area contributed by atoms with E-state index in [1.165, 1.54) is 0 Å². The summed E-state index contributed by atoms with van der Waals surface area (Å²) in [6.07, 6.45) is 6.86. The number of aryl methyl sites for hydroxylation is 1. The molecular weight excluding hydrogens is 266 g/mol. The average molecular weight is 283 g/mol. The van der Waals surface area contributed by atoms with E-state index < -0.39 is 0 Å². The minimum absolute atomic E-state index is 0.0727. The van der Waals surface area contributed by atoms with Crippen molar-refractivity contribution in [3.63, 3.8) is 0 Å². The van der Waals surface area contributed by atoms with Crippen LogP contribution in [0.2, 0.25) is 0 Å². The van der Waals surface area contributed by atoms with Crippen LogP contribution in [0, 0.1) is 6.92 Å². The first kappa shape index (κ1) is 13.5. The van der Waals surface area contributed by atoms with Gasteiger partial charge < -0.3 is 9.80 Å². The first-order valence-electron chi connectivity index (χ1n) is 6.97. The molecular formula is C15H17N5O. The van der Waals surface area contributed by atoms with Crippen molar-refractivity contribution in [2.45, 2.75) is 6.92 Å². The monoisotopic (exact) mass is 283 g/mol. The van der Waals surface area contributed by atoms with Crippen LogP contribution in [0.4, 0.5) is 5.95 Å². The van der Waals surface area contributed by atoms with Crippen LogP contribution in [0.25, 0.3) is 0 Å². The van der Waals surface area contributed by atoms with Crippen molar-refractivity contribution < 1.29 is 4.79 Å². The maximum atomic E-state index is 12.5. The number of nitrogens with zero attached hydrogens (tertiary/aromatic N) is 5. The van der Waals surface area contributed by atoms with E-state index in [1.807, 2.05) is 11.8 Å². The molecule has 6 heteroatoms. The van der Waals surface area contributed by atoms with Crippen molar-refractivity contribution in [2.75, 3.05) is 31.1 Å². The van der Waals surface area contributed by atoms with Crippen molar-refractivity contribution in [3.05, 3.63) is 48.0 Å². The highest BCUT2D eigenvalue weighted by Crippen LogP contribution is 2.14. The van der Waals surface area contributed by atoms with Crippen LogP contribution >= 0.6 is 0 Å². The third-order valence-corrected chi connectivity index (χ3v) is 3.65. The molecule has 2 aromatic heterocycles. The number of hydrogen-bond donors (Lipinski definition) is 0. The van der Waals surface area contributed by atoms with Gasteiger partial charge in [0.05, 0.1) is 0 Å². The highest BCUT2D eigenvalue weighted by molar-refractivity contribution is 5.95. The maximum Gasteiger partial charge on any atom is 0.254 e. The molecule has 0 bridgehead atoms. The van der Waals surface area contributed by atoms with Crippen LogP contribution in [-0.4, -0.2) is 51.9 Å². The second kappa shape index (κ2) is 5.87. The lowest BCUT2D eigenvalue weighted by molar-refractivity contribution is 0.0745. The summed E-state index contributed by atoms with van der Waals surface area (Å²) in [5, 5.41) is 0. The molecule has 0 aliphatic carbocycles. The van der Waals surface area contributed by atoms with Gasteiger partial charge in [-0.25, -0.2) is 9.97 Å². The van der Waals surface area contributed by atoms with Gasteiger partial charge in [0.15, 0.2) is 0 Å². The molecule has 1 saturated heterocycles. The number of hydrogen-bond acceptors (Lipinski definition) is 5. The minimum atomic E-state index is 0.0727. The Morgan fingerprint density at radius 1 is 1.10 bits per heavy atom. The Labute approximate surface area is 123 Å². The van der Waals surface area contributed by atoms with Crippen LogP contribution in [0.15, 0.2) is 36.9 Å². The van der Waals surface area contributed by atoms with E-state index in [-0.39, 0.29) is 5.91 Å². The van der Waals surface area contributed by atoms with E-state index in [4.69, 9.17) is 0 Å². The van der Waals surface area contributed by atoms with Gasteiger partial charge in [-0.2, -0.15) is 0 Å². The average Bonchev–Trinajstić information content (AvgIpc) is 2.56. The summed E-state index contributed by atoms with van der Waals surface area (Å²) in [5.41, 5.74) is 1.64. The van der Waals surface area contributed by atoms with Gasteiger partial charge in [0.2, 0.25) is 5.95 Å². The van der Waals surface area contributed by atoms with Gasteiger partial charge in [-0.05, 0) is 24.6 Å². The zero-order valence-corrected chi connectivity index (χ0v) is 11.9. The number of carbonyl (C=O) groups excluding carboxylic acids is 1. The van der Waals surface area contributed by atoms with Crippen molar-refractivity contribution in [1.29, 1.82) is 0 Å². The molecule has 1 fully saturated rings. The van der Waals surface area contributed by atoms with Crippen molar-refractivity contribution in [1.82, 2.24) is 19.9 Å². The SMILES string of the molecule is Cc1cnccc1C(=O)N1CCN(c2ncccn2)CC1. The quantitative estimate of drug-likeness (QED) is 0.827. The Kier molecular flexibility index (Phi) is 3.77. The molecule has 1 amide bonds. The van der Waals surface area contributed by atoms with Crippen molar-refractivity contribution >= 4 is 11.9 Å². The fourth-order valence-electron chi connectivity index (χ4n) is 2.45. The third-order valence-electron chi connectivity index (χ3n) is 3.65. The van der Waals surface area contributed by atoms with Crippen LogP contribution < -0.4 is 4.90 Å². The number of piperazine rings is 1. The van der Waals surface area contributed by atoms with Crippen molar-refractivity contribution in [3.8, 4) is 0 Å². The predicted octanol–water partition coefficient (Wildman–Crippen LogP) is 1.14. The Bertz CT molecular complexity index is 623. The molecule has 3 heterocycles. The lowest BCUT2D eigenvalue weighted by Gasteiger charge is -2.34. The first-order valence-corrected chi connectivity index (χ1v) is 6.97. The molecule has 3 rings (SSSR count). The predicted molar refractivity (Wildman–Crippen MR) is 79.1 cm³/mol. The van der Waals surface area contributed by atoms with Gasteiger partial charge >= 0.3 is 0 Å². The number of amides is 1. The largest absolute Gasteiger partial charge is 0.337 e. The fourth-order valence-corrected chi connectivity index (χ4v) is 2.45. The number of anilines is 1. The second-order valence-corrected chi connectivity index (χ2v) is 5.02. The van der Waals surface area contributed by atoms with Crippen LogP contribution in [0.5, 0.6) is 0 Å². The first-order chi connectivity index (χ1) is 10.3. The molecule has 108 valence electrons. The summed E-state index contributed by atoms with van der Waals surface area (Å²) < 4.78 is 0. The molecule has 0 radical (unpaired) electrons. The number of aromatic nitrogens is 3. The Morgan fingerprint density at radius 2 is 1.81 bits per heavy atom. The zero-order valence-electron chi connectivity index (χ0n) is 11.9. The summed E-state index contributed by atoms with van der Waals surface area (Å²) in [7, 11) is 0. The molecule has 2 aromatic rings. The molecule has 21 heavy (non-hydrogen) atoms. The molecule has 0 atom stereocenters. The van der Waals surface area contributed by atoms with Crippen LogP contribution in [-0.2, 0) is 0 Å². The summed E-state index contributed by atoms with van der Waals surface area (Å²) in [6.45, 7) is 4.77. The zero-order chi connectivity index (χ0) is 14.7. The Hall–Kier alpha value is -2.50. The minimum Gasteiger partial charge on any atom is -0.337 e. The number of carbonyl (C=O) groups is 1. The topological polar surface area (TPSA) is 62.2 Å². The Morgan fingerprint density at radius 3 is 2.48 bits per heavy atom. The molecule has 0 N–H and O–H groups in total. The highest BCUT2D eigenvalue weighted by Gasteiger charge is 2.24. The van der Waals surface area contributed by atoms with E-state index in [0.29, 0.717) is 13.1 Å². The van der Waals surface area contributed by atoms with Gasteiger partial charge in [-0.15, -0.1) is 0 Å². The molecule has 1 aliphatic heterocycles. The lowest BCUT2D eigenvalue weighted by Crippen LogP contribution is -2.49. The summed E-state index contributed by atoms with van der Waals surface area (Å²) in [4.78, 5) is 29.0. The molecule has 6 nitrogen and oxygen atoms in total. The third kappa shape index (κ3) is 2.84. The molecule has 0 aromatic carbocycles. The number of pyridine rings is 1. The fraction of sp³-hybridized carbons (Fsp3) is 0.333. The van der Waals surface area contributed by atoms with Gasteiger partial charge in [0.1, 0.15) is 0 Å². The smallest absolute Gasteiger partial charge is 0.254 e. The summed E-state index contributed by atoms with van der Waals surface area (Å²) in [5.74, 6) is 0.799. The molecule has 0 unspecified atom stereocenters.